The predicted molar refractivity (Wildman–Crippen MR) is 151 cm³/mol. The Bertz CT molecular complexity index is 1020. The number of amides is 1. The zero-order chi connectivity index (χ0) is 25.8. The quantitative estimate of drug-likeness (QED) is 0.344. The fraction of sp³-hybridized carbons (Fsp3) is 0.419. The first kappa shape index (κ1) is 27.3. The summed E-state index contributed by atoms with van der Waals surface area (Å²) in [5.74, 6) is 1.43. The summed E-state index contributed by atoms with van der Waals surface area (Å²) in [6, 6.07) is 17.2. The first-order chi connectivity index (χ1) is 17.5. The van der Waals surface area contributed by atoms with Crippen LogP contribution in [0.1, 0.15) is 56.1 Å². The van der Waals surface area contributed by atoms with E-state index in [1.807, 2.05) is 7.05 Å². The summed E-state index contributed by atoms with van der Waals surface area (Å²) in [4.78, 5) is 18.2. The Kier molecular flexibility index (Phi) is 10.8. The molecule has 0 fully saturated rings. The molecule has 2 aromatic rings. The van der Waals surface area contributed by atoms with Crippen molar-refractivity contribution in [1.29, 1.82) is 0 Å². The lowest BCUT2D eigenvalue weighted by molar-refractivity contribution is -0.121. The first-order valence-corrected chi connectivity index (χ1v) is 13.1. The molecule has 0 saturated heterocycles. The highest BCUT2D eigenvalue weighted by Gasteiger charge is 2.23. The first-order valence-electron chi connectivity index (χ1n) is 13.1. The number of carbonyl (C=O) groups is 1. The summed E-state index contributed by atoms with van der Waals surface area (Å²) in [6.45, 7) is 3.38. The summed E-state index contributed by atoms with van der Waals surface area (Å²) < 4.78 is 5.94. The van der Waals surface area contributed by atoms with Crippen molar-refractivity contribution in [2.45, 2.75) is 44.9 Å². The van der Waals surface area contributed by atoms with Gasteiger partial charge in [-0.1, -0.05) is 56.2 Å². The van der Waals surface area contributed by atoms with Gasteiger partial charge < -0.3 is 15.0 Å². The molecule has 2 aromatic carbocycles. The lowest BCUT2D eigenvalue weighted by Gasteiger charge is -2.26. The number of hydrogen-bond acceptors (Lipinski definition) is 4. The van der Waals surface area contributed by atoms with Gasteiger partial charge in [-0.15, -0.1) is 0 Å². The molecule has 192 valence electrons. The van der Waals surface area contributed by atoms with Gasteiger partial charge in [-0.3, -0.25) is 9.79 Å². The lowest BCUT2D eigenvalue weighted by Crippen LogP contribution is -2.25. The average molecular weight is 488 g/mol. The topological polar surface area (TPSA) is 53.9 Å². The Morgan fingerprint density at radius 1 is 0.972 bits per heavy atom. The smallest absolute Gasteiger partial charge is 0.219 e. The van der Waals surface area contributed by atoms with Crippen molar-refractivity contribution in [2.75, 3.05) is 39.2 Å². The fourth-order valence-electron chi connectivity index (χ4n) is 4.41. The van der Waals surface area contributed by atoms with Gasteiger partial charge in [0.25, 0.3) is 0 Å². The van der Waals surface area contributed by atoms with Crippen molar-refractivity contribution in [2.24, 2.45) is 10.9 Å². The molecule has 1 N–H and O–H groups in total. The van der Waals surface area contributed by atoms with Crippen LogP contribution in [0.15, 0.2) is 77.8 Å². The normalized spacial score (nSPS) is 15.4. The van der Waals surface area contributed by atoms with Gasteiger partial charge in [0.15, 0.2) is 0 Å². The standard InChI is InChI=1S/C31H41N3O2/c1-5-6-7-9-30(35)33-22-8-23-36-29-20-14-26(15-21-29)31(24-10-16-27(32-2)17-11-24)25-12-18-28(19-13-25)34(3)4/h10-21,24,31H,5-9,22-23H2,1-4H3,(H,33,35). The van der Waals surface area contributed by atoms with Crippen molar-refractivity contribution in [3.63, 3.8) is 0 Å². The largest absolute Gasteiger partial charge is 0.494 e. The monoisotopic (exact) mass is 487 g/mol. The van der Waals surface area contributed by atoms with E-state index in [9.17, 15) is 4.79 Å². The van der Waals surface area contributed by atoms with Gasteiger partial charge in [0, 0.05) is 51.6 Å². The summed E-state index contributed by atoms with van der Waals surface area (Å²) in [6.07, 6.45) is 13.3. The Hall–Kier alpha value is -3.34. The summed E-state index contributed by atoms with van der Waals surface area (Å²) in [5, 5.41) is 2.98. The second-order valence-corrected chi connectivity index (χ2v) is 9.49. The zero-order valence-electron chi connectivity index (χ0n) is 22.2. The number of aliphatic imine (C=N–C) groups is 1. The Balaban J connectivity index is 1.62. The molecule has 5 heteroatoms. The molecule has 0 spiro atoms. The van der Waals surface area contributed by atoms with Gasteiger partial charge in [0.05, 0.1) is 12.3 Å². The van der Waals surface area contributed by atoms with Crippen molar-refractivity contribution in [3.05, 3.63) is 84.0 Å². The second kappa shape index (κ2) is 14.3. The molecule has 36 heavy (non-hydrogen) atoms. The molecule has 1 amide bonds. The van der Waals surface area contributed by atoms with Crippen molar-refractivity contribution in [1.82, 2.24) is 5.32 Å². The summed E-state index contributed by atoms with van der Waals surface area (Å²) in [5.41, 5.74) is 4.71. The highest BCUT2D eigenvalue weighted by Crippen LogP contribution is 2.36. The number of allylic oxidation sites excluding steroid dienone is 4. The lowest BCUT2D eigenvalue weighted by atomic mass is 9.79. The van der Waals surface area contributed by atoms with Gasteiger partial charge >= 0.3 is 0 Å². The fourth-order valence-corrected chi connectivity index (χ4v) is 4.41. The van der Waals surface area contributed by atoms with E-state index in [1.54, 1.807) is 0 Å². The van der Waals surface area contributed by atoms with Crippen LogP contribution < -0.4 is 15.0 Å². The number of unbranched alkanes of at least 4 members (excludes halogenated alkanes) is 2. The molecule has 1 aliphatic carbocycles. The van der Waals surface area contributed by atoms with E-state index in [0.717, 1.165) is 37.1 Å². The van der Waals surface area contributed by atoms with Crippen LogP contribution in [0, 0.1) is 5.92 Å². The maximum Gasteiger partial charge on any atom is 0.219 e. The highest BCUT2D eigenvalue weighted by atomic mass is 16.5. The maximum atomic E-state index is 11.8. The third kappa shape index (κ3) is 8.11. The zero-order valence-corrected chi connectivity index (χ0v) is 22.2. The van der Waals surface area contributed by atoms with Crippen molar-refractivity contribution >= 4 is 17.3 Å². The SMILES string of the molecule is CCCCCC(=O)NCCCOc1ccc(C(c2ccc(N(C)C)cc2)C2C=CC(=NC)C=C2)cc1. The Morgan fingerprint density at radius 2 is 1.61 bits per heavy atom. The molecular weight excluding hydrogens is 446 g/mol. The third-order valence-corrected chi connectivity index (χ3v) is 6.55. The van der Waals surface area contributed by atoms with Crippen LogP contribution in [0.5, 0.6) is 5.75 Å². The maximum absolute atomic E-state index is 11.8. The van der Waals surface area contributed by atoms with Crippen molar-refractivity contribution in [3.8, 4) is 5.75 Å². The number of anilines is 1. The summed E-state index contributed by atoms with van der Waals surface area (Å²) in [7, 11) is 5.94. The van der Waals surface area contributed by atoms with Gasteiger partial charge in [0.1, 0.15) is 5.75 Å². The minimum Gasteiger partial charge on any atom is -0.494 e. The number of hydrogen-bond donors (Lipinski definition) is 1. The number of nitrogens with one attached hydrogen (secondary N) is 1. The predicted octanol–water partition coefficient (Wildman–Crippen LogP) is 6.16. The van der Waals surface area contributed by atoms with E-state index < -0.39 is 0 Å². The highest BCUT2D eigenvalue weighted by molar-refractivity contribution is 6.04. The molecule has 5 nitrogen and oxygen atoms in total. The molecule has 0 aliphatic heterocycles. The second-order valence-electron chi connectivity index (χ2n) is 9.49. The van der Waals surface area contributed by atoms with Gasteiger partial charge in [-0.2, -0.15) is 0 Å². The van der Waals surface area contributed by atoms with E-state index in [1.165, 1.54) is 16.8 Å². The van der Waals surface area contributed by atoms with Crippen LogP contribution in [-0.2, 0) is 4.79 Å². The number of nitrogens with zero attached hydrogens (tertiary/aromatic N) is 2. The molecule has 1 aliphatic rings. The van der Waals surface area contributed by atoms with Crippen LogP contribution in [0.2, 0.25) is 0 Å². The Labute approximate surface area is 217 Å². The number of carbonyl (C=O) groups excluding carboxylic acids is 1. The van der Waals surface area contributed by atoms with Gasteiger partial charge in [0.2, 0.25) is 5.91 Å². The number of ether oxygens (including phenoxy) is 1. The van der Waals surface area contributed by atoms with Crippen LogP contribution in [0.3, 0.4) is 0 Å². The van der Waals surface area contributed by atoms with E-state index in [4.69, 9.17) is 4.74 Å². The molecule has 1 atom stereocenters. The Morgan fingerprint density at radius 3 is 2.19 bits per heavy atom. The van der Waals surface area contributed by atoms with E-state index in [-0.39, 0.29) is 17.7 Å². The minimum atomic E-state index is 0.139. The molecule has 0 radical (unpaired) electrons. The number of rotatable bonds is 13. The molecule has 0 bridgehead atoms. The molecule has 0 heterocycles. The molecule has 0 saturated carbocycles. The van der Waals surface area contributed by atoms with Crippen LogP contribution in [0.25, 0.3) is 0 Å². The van der Waals surface area contributed by atoms with Gasteiger partial charge in [-0.05, 0) is 60.4 Å². The molecule has 3 rings (SSSR count). The van der Waals surface area contributed by atoms with Crippen molar-refractivity contribution < 1.29 is 9.53 Å². The summed E-state index contributed by atoms with van der Waals surface area (Å²) >= 11 is 0. The molecular formula is C31H41N3O2. The van der Waals surface area contributed by atoms with E-state index in [2.05, 4.69) is 109 Å². The van der Waals surface area contributed by atoms with E-state index >= 15 is 0 Å². The molecule has 0 aromatic heterocycles. The minimum absolute atomic E-state index is 0.139. The van der Waals surface area contributed by atoms with Gasteiger partial charge in [-0.25, -0.2) is 0 Å². The average Bonchev–Trinajstić information content (AvgIpc) is 2.90. The van der Waals surface area contributed by atoms with Crippen LogP contribution in [0.4, 0.5) is 5.69 Å². The third-order valence-electron chi connectivity index (χ3n) is 6.55. The van der Waals surface area contributed by atoms with Crippen LogP contribution >= 0.6 is 0 Å². The number of benzene rings is 2. The molecule has 1 unspecified atom stereocenters. The van der Waals surface area contributed by atoms with Crippen LogP contribution in [-0.4, -0.2) is 45.9 Å². The van der Waals surface area contributed by atoms with E-state index in [0.29, 0.717) is 19.6 Å².